The zero-order valence-corrected chi connectivity index (χ0v) is 15.5. The van der Waals surface area contributed by atoms with E-state index in [1.54, 1.807) is 29.7 Å². The summed E-state index contributed by atoms with van der Waals surface area (Å²) in [5.74, 6) is 6.63. The minimum atomic E-state index is -0.571. The molecule has 0 aromatic heterocycles. The number of ether oxygens (including phenoxy) is 1. The zero-order valence-electron chi connectivity index (χ0n) is 15.5. The molecule has 0 radical (unpaired) electrons. The molecule has 0 atom stereocenters. The molecule has 6 nitrogen and oxygen atoms in total. The lowest BCUT2D eigenvalue weighted by molar-refractivity contribution is -0.113. The zero-order chi connectivity index (χ0) is 20.2. The van der Waals surface area contributed by atoms with Gasteiger partial charge in [0.15, 0.2) is 5.75 Å². The van der Waals surface area contributed by atoms with Crippen molar-refractivity contribution in [2.45, 2.75) is 19.3 Å². The number of fused-ring (bicyclic) bond motifs is 1. The summed E-state index contributed by atoms with van der Waals surface area (Å²) in [7, 11) is 0. The lowest BCUT2D eigenvalue weighted by Crippen LogP contribution is -2.18. The van der Waals surface area contributed by atoms with Gasteiger partial charge in [-0.2, -0.15) is 0 Å². The molecule has 2 amide bonds. The Morgan fingerprint density at radius 1 is 1.21 bits per heavy atom. The number of carbonyl (C=O) groups excluding carboxylic acids is 2. The number of rotatable bonds is 2. The SMILES string of the molecule is O=C1Nc2c(CC#Cc3ccc(C(=O)NO)cc3)cccc2OC2=C1CCC=C2. The Morgan fingerprint density at radius 3 is 2.83 bits per heavy atom. The van der Waals surface area contributed by atoms with Crippen LogP contribution in [0, 0.1) is 11.8 Å². The van der Waals surface area contributed by atoms with Crippen LogP contribution in [0.5, 0.6) is 5.75 Å². The Bertz CT molecular complexity index is 1100. The number of benzene rings is 2. The molecular weight excluding hydrogens is 368 g/mol. The predicted octanol–water partition coefficient (Wildman–Crippen LogP) is 3.33. The molecule has 3 N–H and O–H groups in total. The Morgan fingerprint density at radius 2 is 2.03 bits per heavy atom. The monoisotopic (exact) mass is 386 g/mol. The number of hydrogen-bond donors (Lipinski definition) is 3. The van der Waals surface area contributed by atoms with Gasteiger partial charge in [-0.25, -0.2) is 5.48 Å². The van der Waals surface area contributed by atoms with Crippen LogP contribution in [-0.2, 0) is 11.2 Å². The third-order valence-corrected chi connectivity index (χ3v) is 4.73. The molecule has 1 aliphatic heterocycles. The van der Waals surface area contributed by atoms with Gasteiger partial charge in [0, 0.05) is 17.5 Å². The first kappa shape index (κ1) is 18.5. The van der Waals surface area contributed by atoms with Crippen molar-refractivity contribution in [3.63, 3.8) is 0 Å². The fourth-order valence-electron chi connectivity index (χ4n) is 3.23. The predicted molar refractivity (Wildman–Crippen MR) is 107 cm³/mol. The lowest BCUT2D eigenvalue weighted by Gasteiger charge is -2.12. The Labute approximate surface area is 167 Å². The van der Waals surface area contributed by atoms with Crippen LogP contribution < -0.4 is 15.5 Å². The quantitative estimate of drug-likeness (QED) is 0.420. The summed E-state index contributed by atoms with van der Waals surface area (Å²) >= 11 is 0. The summed E-state index contributed by atoms with van der Waals surface area (Å²) in [6, 6.07) is 12.2. The topological polar surface area (TPSA) is 87.7 Å². The maximum Gasteiger partial charge on any atom is 0.274 e. The molecule has 4 rings (SSSR count). The van der Waals surface area contributed by atoms with E-state index in [2.05, 4.69) is 17.2 Å². The van der Waals surface area contributed by atoms with Gasteiger partial charge in [-0.05, 0) is 54.8 Å². The smallest absolute Gasteiger partial charge is 0.274 e. The molecule has 0 spiro atoms. The van der Waals surface area contributed by atoms with Crippen molar-refractivity contribution in [1.82, 2.24) is 5.48 Å². The van der Waals surface area contributed by atoms with Crippen molar-refractivity contribution in [1.29, 1.82) is 0 Å². The molecular formula is C23H18N2O4. The molecule has 6 heteroatoms. The molecule has 1 heterocycles. The third-order valence-electron chi connectivity index (χ3n) is 4.73. The Kier molecular flexibility index (Phi) is 5.14. The summed E-state index contributed by atoms with van der Waals surface area (Å²) in [6.45, 7) is 0. The van der Waals surface area contributed by atoms with E-state index in [1.165, 1.54) is 0 Å². The van der Waals surface area contributed by atoms with Crippen LogP contribution in [0.25, 0.3) is 0 Å². The molecule has 0 unspecified atom stereocenters. The van der Waals surface area contributed by atoms with Crippen LogP contribution in [0.1, 0.15) is 34.3 Å². The minimum absolute atomic E-state index is 0.138. The second-order valence-corrected chi connectivity index (χ2v) is 6.63. The average molecular weight is 386 g/mol. The molecule has 0 fully saturated rings. The van der Waals surface area contributed by atoms with E-state index >= 15 is 0 Å². The van der Waals surface area contributed by atoms with Crippen LogP contribution in [0.15, 0.2) is 65.9 Å². The van der Waals surface area contributed by atoms with E-state index in [1.807, 2.05) is 30.4 Å². The van der Waals surface area contributed by atoms with Gasteiger partial charge >= 0.3 is 0 Å². The van der Waals surface area contributed by atoms with Crippen molar-refractivity contribution >= 4 is 17.5 Å². The number of allylic oxidation sites excluding steroid dienone is 2. The van der Waals surface area contributed by atoms with Crippen LogP contribution in [0.4, 0.5) is 5.69 Å². The first-order valence-corrected chi connectivity index (χ1v) is 9.20. The van der Waals surface area contributed by atoms with E-state index in [4.69, 9.17) is 9.94 Å². The van der Waals surface area contributed by atoms with E-state index in [0.29, 0.717) is 41.2 Å². The van der Waals surface area contributed by atoms with E-state index < -0.39 is 5.91 Å². The maximum atomic E-state index is 12.6. The summed E-state index contributed by atoms with van der Waals surface area (Å²) in [5.41, 5.74) is 4.84. The molecule has 0 saturated carbocycles. The second-order valence-electron chi connectivity index (χ2n) is 6.63. The van der Waals surface area contributed by atoms with Gasteiger partial charge < -0.3 is 10.1 Å². The van der Waals surface area contributed by atoms with Crippen molar-refractivity contribution in [3.05, 3.63) is 82.6 Å². The van der Waals surface area contributed by atoms with Crippen molar-refractivity contribution < 1.29 is 19.5 Å². The lowest BCUT2D eigenvalue weighted by atomic mass is 10.0. The van der Waals surface area contributed by atoms with Crippen LogP contribution in [-0.4, -0.2) is 17.0 Å². The van der Waals surface area contributed by atoms with Crippen molar-refractivity contribution in [2.24, 2.45) is 0 Å². The average Bonchev–Trinajstić information content (AvgIpc) is 2.90. The first-order valence-electron chi connectivity index (χ1n) is 9.20. The molecule has 2 aromatic rings. The van der Waals surface area contributed by atoms with E-state index in [0.717, 1.165) is 17.5 Å². The number of carbonyl (C=O) groups is 2. The maximum absolute atomic E-state index is 12.6. The Balaban J connectivity index is 1.54. The fourth-order valence-corrected chi connectivity index (χ4v) is 3.23. The van der Waals surface area contributed by atoms with Crippen molar-refractivity contribution in [2.75, 3.05) is 5.32 Å². The van der Waals surface area contributed by atoms with Gasteiger partial charge in [-0.1, -0.05) is 30.0 Å². The van der Waals surface area contributed by atoms with E-state index in [-0.39, 0.29) is 5.91 Å². The highest BCUT2D eigenvalue weighted by atomic mass is 16.5. The highest BCUT2D eigenvalue weighted by Gasteiger charge is 2.25. The largest absolute Gasteiger partial charge is 0.455 e. The normalized spacial score (nSPS) is 14.4. The number of para-hydroxylation sites is 1. The highest BCUT2D eigenvalue weighted by molar-refractivity contribution is 6.06. The number of amides is 2. The minimum Gasteiger partial charge on any atom is -0.455 e. The van der Waals surface area contributed by atoms with Crippen LogP contribution in [0.3, 0.4) is 0 Å². The second kappa shape index (κ2) is 8.05. The standard InChI is InChI=1S/C23H18N2O4/c26-22(25-28)17-13-11-15(12-14-17)5-3-6-16-7-4-10-20-21(16)24-23(27)18-8-1-2-9-19(18)29-20/h2,4,7,9-14,28H,1,6,8H2,(H,24,27)(H,25,26). The van der Waals surface area contributed by atoms with Gasteiger partial charge in [-0.3, -0.25) is 14.8 Å². The van der Waals surface area contributed by atoms with Gasteiger partial charge in [0.05, 0.1) is 11.3 Å². The summed E-state index contributed by atoms with van der Waals surface area (Å²) < 4.78 is 5.99. The summed E-state index contributed by atoms with van der Waals surface area (Å²) in [4.78, 5) is 24.0. The van der Waals surface area contributed by atoms with Crippen molar-refractivity contribution in [3.8, 4) is 17.6 Å². The third kappa shape index (κ3) is 3.91. The van der Waals surface area contributed by atoms with Gasteiger partial charge in [0.1, 0.15) is 5.76 Å². The first-order chi connectivity index (χ1) is 14.2. The number of hydrogen-bond acceptors (Lipinski definition) is 4. The molecule has 2 aliphatic rings. The molecule has 0 bridgehead atoms. The van der Waals surface area contributed by atoms with Gasteiger partial charge in [0.25, 0.3) is 11.8 Å². The highest BCUT2D eigenvalue weighted by Crippen LogP contribution is 2.36. The Hall–Kier alpha value is -3.82. The van der Waals surface area contributed by atoms with E-state index in [9.17, 15) is 9.59 Å². The van der Waals surface area contributed by atoms with Gasteiger partial charge in [0.2, 0.25) is 0 Å². The van der Waals surface area contributed by atoms with Gasteiger partial charge in [-0.15, -0.1) is 0 Å². The number of nitrogens with one attached hydrogen (secondary N) is 2. The molecule has 29 heavy (non-hydrogen) atoms. The molecule has 0 saturated heterocycles. The molecule has 144 valence electrons. The number of anilines is 1. The fraction of sp³-hybridized carbons (Fsp3) is 0.130. The summed E-state index contributed by atoms with van der Waals surface area (Å²) in [6.07, 6.45) is 5.75. The summed E-state index contributed by atoms with van der Waals surface area (Å²) in [5, 5.41) is 11.6. The van der Waals surface area contributed by atoms with Crippen LogP contribution >= 0.6 is 0 Å². The molecule has 1 aliphatic carbocycles. The van der Waals surface area contributed by atoms with Crippen LogP contribution in [0.2, 0.25) is 0 Å². The number of hydroxylamine groups is 1. The molecule has 2 aromatic carbocycles.